The van der Waals surface area contributed by atoms with Crippen LogP contribution in [0.5, 0.6) is 0 Å². The number of hydrogen-bond acceptors (Lipinski definition) is 4. The summed E-state index contributed by atoms with van der Waals surface area (Å²) in [5, 5.41) is 6.33. The second kappa shape index (κ2) is 7.22. The van der Waals surface area contributed by atoms with Gasteiger partial charge in [-0.2, -0.15) is 0 Å². The van der Waals surface area contributed by atoms with Gasteiger partial charge in [-0.25, -0.2) is 4.98 Å². The molecular weight excluding hydrogens is 318 g/mol. The quantitative estimate of drug-likeness (QED) is 0.844. The molecule has 1 amide bonds. The van der Waals surface area contributed by atoms with Gasteiger partial charge in [-0.3, -0.25) is 4.79 Å². The molecule has 0 bridgehead atoms. The molecule has 0 spiro atoms. The van der Waals surface area contributed by atoms with Crippen molar-refractivity contribution in [2.45, 2.75) is 38.8 Å². The minimum absolute atomic E-state index is 0.172. The number of benzene rings is 1. The lowest BCUT2D eigenvalue weighted by Gasteiger charge is -2.33. The van der Waals surface area contributed by atoms with Crippen LogP contribution < -0.4 is 11.1 Å². The molecule has 1 aromatic heterocycles. The number of thiazole rings is 1. The Morgan fingerprint density at radius 1 is 1.32 bits per heavy atom. The Labute approximate surface area is 139 Å². The highest BCUT2D eigenvalue weighted by Gasteiger charge is 2.31. The van der Waals surface area contributed by atoms with E-state index < -0.39 is 5.54 Å². The van der Waals surface area contributed by atoms with Crippen LogP contribution >= 0.6 is 22.9 Å². The molecule has 6 heteroatoms. The summed E-state index contributed by atoms with van der Waals surface area (Å²) < 4.78 is 0. The topological polar surface area (TPSA) is 68.0 Å². The van der Waals surface area contributed by atoms with E-state index in [1.165, 1.54) is 11.3 Å². The van der Waals surface area contributed by atoms with E-state index in [-0.39, 0.29) is 5.91 Å². The van der Waals surface area contributed by atoms with Gasteiger partial charge in [-0.15, -0.1) is 11.3 Å². The van der Waals surface area contributed by atoms with Crippen molar-refractivity contribution >= 4 is 28.8 Å². The van der Waals surface area contributed by atoms with Gasteiger partial charge in [0.2, 0.25) is 0 Å². The molecule has 0 saturated carbocycles. The van der Waals surface area contributed by atoms with Crippen LogP contribution in [0.2, 0.25) is 5.02 Å². The zero-order valence-electron chi connectivity index (χ0n) is 12.7. The smallest absolute Gasteiger partial charge is 0.271 e. The van der Waals surface area contributed by atoms with Crippen molar-refractivity contribution in [3.05, 3.63) is 50.9 Å². The van der Waals surface area contributed by atoms with Gasteiger partial charge in [0, 0.05) is 16.9 Å². The summed E-state index contributed by atoms with van der Waals surface area (Å²) in [5.74, 6) is -0.172. The molecule has 0 aliphatic heterocycles. The molecule has 0 atom stereocenters. The van der Waals surface area contributed by atoms with Gasteiger partial charge in [0.05, 0.1) is 5.54 Å². The highest BCUT2D eigenvalue weighted by Crippen LogP contribution is 2.30. The minimum Gasteiger partial charge on any atom is -0.341 e. The number of hydrogen-bond donors (Lipinski definition) is 2. The lowest BCUT2D eigenvalue weighted by Crippen LogP contribution is -2.45. The first kappa shape index (κ1) is 16.9. The van der Waals surface area contributed by atoms with E-state index in [0.717, 1.165) is 23.4 Å². The molecule has 2 aromatic rings. The molecule has 0 aliphatic carbocycles. The molecule has 22 heavy (non-hydrogen) atoms. The fourth-order valence-corrected chi connectivity index (χ4v) is 3.25. The molecule has 0 saturated heterocycles. The summed E-state index contributed by atoms with van der Waals surface area (Å²) in [7, 11) is 0. The van der Waals surface area contributed by atoms with Gasteiger partial charge in [-0.05, 0) is 30.5 Å². The van der Waals surface area contributed by atoms with Crippen molar-refractivity contribution in [1.29, 1.82) is 0 Å². The van der Waals surface area contributed by atoms with Crippen LogP contribution in [0.15, 0.2) is 29.6 Å². The zero-order chi connectivity index (χ0) is 16.2. The Kier molecular flexibility index (Phi) is 5.56. The Morgan fingerprint density at radius 2 is 1.95 bits per heavy atom. The van der Waals surface area contributed by atoms with Crippen molar-refractivity contribution < 1.29 is 4.79 Å². The second-order valence-electron chi connectivity index (χ2n) is 5.08. The fourth-order valence-electron chi connectivity index (χ4n) is 2.47. The molecule has 0 aliphatic rings. The lowest BCUT2D eigenvalue weighted by molar-refractivity contribution is 0.0885. The van der Waals surface area contributed by atoms with E-state index in [4.69, 9.17) is 17.3 Å². The molecule has 1 heterocycles. The number of nitrogens with two attached hydrogens (primary N) is 1. The summed E-state index contributed by atoms with van der Waals surface area (Å²) >= 11 is 7.36. The molecule has 0 radical (unpaired) electrons. The predicted molar refractivity (Wildman–Crippen MR) is 91.2 cm³/mol. The Morgan fingerprint density at radius 3 is 2.45 bits per heavy atom. The maximum Gasteiger partial charge on any atom is 0.271 e. The average molecular weight is 338 g/mol. The van der Waals surface area contributed by atoms with E-state index in [1.807, 2.05) is 24.3 Å². The molecule has 118 valence electrons. The molecule has 1 aromatic carbocycles. The van der Waals surface area contributed by atoms with Crippen LogP contribution in [0, 0.1) is 0 Å². The maximum absolute atomic E-state index is 12.5. The fraction of sp³-hybridized carbons (Fsp3) is 0.375. The average Bonchev–Trinajstić information content (AvgIpc) is 3.02. The van der Waals surface area contributed by atoms with E-state index in [9.17, 15) is 4.79 Å². The van der Waals surface area contributed by atoms with Gasteiger partial charge in [-0.1, -0.05) is 37.6 Å². The standard InChI is InChI=1S/C16H20ClN3OS/c1-3-16(4-2,11-5-7-12(17)8-6-11)20-15(21)13-10-22-14(9-18)19-13/h5-8,10H,3-4,9,18H2,1-2H3,(H,20,21). The van der Waals surface area contributed by atoms with Crippen molar-refractivity contribution in [2.75, 3.05) is 0 Å². The summed E-state index contributed by atoms with van der Waals surface area (Å²) in [6.45, 7) is 4.47. The zero-order valence-corrected chi connectivity index (χ0v) is 14.3. The van der Waals surface area contributed by atoms with E-state index >= 15 is 0 Å². The second-order valence-corrected chi connectivity index (χ2v) is 6.46. The van der Waals surface area contributed by atoms with Crippen LogP contribution in [0.1, 0.15) is 47.7 Å². The first-order valence-corrected chi connectivity index (χ1v) is 8.53. The van der Waals surface area contributed by atoms with Gasteiger partial charge in [0.15, 0.2) is 0 Å². The summed E-state index contributed by atoms with van der Waals surface area (Å²) in [4.78, 5) is 16.8. The van der Waals surface area contributed by atoms with Gasteiger partial charge in [0.1, 0.15) is 10.7 Å². The minimum atomic E-state index is -0.422. The van der Waals surface area contributed by atoms with E-state index in [2.05, 4.69) is 24.1 Å². The van der Waals surface area contributed by atoms with Crippen molar-refractivity contribution in [3.8, 4) is 0 Å². The monoisotopic (exact) mass is 337 g/mol. The van der Waals surface area contributed by atoms with Gasteiger partial charge < -0.3 is 11.1 Å². The number of halogens is 1. The van der Waals surface area contributed by atoms with Gasteiger partial charge in [0.25, 0.3) is 5.91 Å². The number of rotatable bonds is 6. The predicted octanol–water partition coefficient (Wildman–Crippen LogP) is 3.70. The normalized spacial score (nSPS) is 11.5. The third-order valence-corrected chi connectivity index (χ3v) is 5.04. The molecule has 2 rings (SSSR count). The highest BCUT2D eigenvalue weighted by atomic mass is 35.5. The number of amides is 1. The summed E-state index contributed by atoms with van der Waals surface area (Å²) in [6, 6.07) is 7.61. The third kappa shape index (κ3) is 3.48. The maximum atomic E-state index is 12.5. The lowest BCUT2D eigenvalue weighted by atomic mass is 9.84. The molecule has 3 N–H and O–H groups in total. The Hall–Kier alpha value is -1.43. The van der Waals surface area contributed by atoms with Crippen LogP contribution in [-0.2, 0) is 12.1 Å². The van der Waals surface area contributed by atoms with Crippen LogP contribution in [-0.4, -0.2) is 10.9 Å². The molecule has 0 unspecified atom stereocenters. The summed E-state index contributed by atoms with van der Waals surface area (Å²) in [5.41, 5.74) is 6.60. The van der Waals surface area contributed by atoms with E-state index in [1.54, 1.807) is 5.38 Å². The van der Waals surface area contributed by atoms with Gasteiger partial charge >= 0.3 is 0 Å². The summed E-state index contributed by atoms with van der Waals surface area (Å²) in [6.07, 6.45) is 1.56. The number of aromatic nitrogens is 1. The van der Waals surface area contributed by atoms with Crippen molar-refractivity contribution in [2.24, 2.45) is 5.73 Å². The Balaban J connectivity index is 2.27. The highest BCUT2D eigenvalue weighted by molar-refractivity contribution is 7.09. The van der Waals surface area contributed by atoms with Crippen LogP contribution in [0.3, 0.4) is 0 Å². The number of nitrogens with zero attached hydrogens (tertiary/aromatic N) is 1. The number of carbonyl (C=O) groups is 1. The van der Waals surface area contributed by atoms with Crippen molar-refractivity contribution in [3.63, 3.8) is 0 Å². The van der Waals surface area contributed by atoms with E-state index in [0.29, 0.717) is 17.3 Å². The number of carbonyl (C=O) groups excluding carboxylic acids is 1. The molecule has 4 nitrogen and oxygen atoms in total. The van der Waals surface area contributed by atoms with Crippen molar-refractivity contribution in [1.82, 2.24) is 10.3 Å². The SMILES string of the molecule is CCC(CC)(NC(=O)c1csc(CN)n1)c1ccc(Cl)cc1. The van der Waals surface area contributed by atoms with Crippen LogP contribution in [0.4, 0.5) is 0 Å². The number of nitrogens with one attached hydrogen (secondary N) is 1. The van der Waals surface area contributed by atoms with Crippen LogP contribution in [0.25, 0.3) is 0 Å². The first-order chi connectivity index (χ1) is 10.5. The first-order valence-electron chi connectivity index (χ1n) is 7.27. The molecule has 0 fully saturated rings. The largest absolute Gasteiger partial charge is 0.341 e. The Bertz CT molecular complexity index is 635. The third-order valence-electron chi connectivity index (χ3n) is 3.92. The molecular formula is C16H20ClN3OS.